The molecule has 1 aliphatic heterocycles. The first-order valence-electron chi connectivity index (χ1n) is 7.69. The van der Waals surface area contributed by atoms with Crippen LogP contribution in [0.3, 0.4) is 0 Å². The van der Waals surface area contributed by atoms with Gasteiger partial charge in [0.15, 0.2) is 0 Å². The van der Waals surface area contributed by atoms with Gasteiger partial charge in [0.2, 0.25) is 0 Å². The van der Waals surface area contributed by atoms with Crippen LogP contribution in [0, 0.1) is 0 Å². The van der Waals surface area contributed by atoms with Gasteiger partial charge in [-0.15, -0.1) is 24.8 Å². The molecule has 0 aliphatic carbocycles. The van der Waals surface area contributed by atoms with Gasteiger partial charge in [-0.3, -0.25) is 4.79 Å². The van der Waals surface area contributed by atoms with E-state index in [1.165, 1.54) is 5.69 Å². The number of nitrogens with two attached hydrogens (primary N) is 1. The Morgan fingerprint density at radius 3 is 2.33 bits per heavy atom. The van der Waals surface area contributed by atoms with Crippen molar-refractivity contribution in [1.82, 2.24) is 4.90 Å². The number of para-hydroxylation sites is 1. The van der Waals surface area contributed by atoms with Crippen molar-refractivity contribution < 1.29 is 4.79 Å². The summed E-state index contributed by atoms with van der Waals surface area (Å²) in [7, 11) is 0. The van der Waals surface area contributed by atoms with Gasteiger partial charge in [0.05, 0.1) is 0 Å². The molecule has 0 saturated carbocycles. The Morgan fingerprint density at radius 1 is 0.875 bits per heavy atom. The Balaban J connectivity index is 0.00000144. The third-order valence-electron chi connectivity index (χ3n) is 4.04. The van der Waals surface area contributed by atoms with E-state index in [0.29, 0.717) is 11.3 Å². The summed E-state index contributed by atoms with van der Waals surface area (Å²) in [5.41, 5.74) is 8.30. The summed E-state index contributed by atoms with van der Waals surface area (Å²) in [6.45, 7) is 3.36. The Morgan fingerprint density at radius 2 is 1.62 bits per heavy atom. The fourth-order valence-corrected chi connectivity index (χ4v) is 2.87. The van der Waals surface area contributed by atoms with E-state index < -0.39 is 0 Å². The number of halogens is 2. The second-order valence-corrected chi connectivity index (χ2v) is 5.59. The quantitative estimate of drug-likeness (QED) is 0.826. The van der Waals surface area contributed by atoms with Gasteiger partial charge in [-0.25, -0.2) is 0 Å². The van der Waals surface area contributed by atoms with Crippen molar-refractivity contribution >= 4 is 42.1 Å². The van der Waals surface area contributed by atoms with E-state index in [0.717, 1.165) is 32.6 Å². The predicted octanol–water partition coefficient (Wildman–Crippen LogP) is 3.46. The molecule has 1 heterocycles. The number of amides is 1. The molecule has 1 aliphatic rings. The third kappa shape index (κ3) is 4.79. The minimum Gasteiger partial charge on any atom is -0.399 e. The van der Waals surface area contributed by atoms with Gasteiger partial charge >= 0.3 is 0 Å². The maximum absolute atomic E-state index is 12.6. The first-order valence-corrected chi connectivity index (χ1v) is 7.69. The molecule has 4 nitrogen and oxygen atoms in total. The number of benzene rings is 2. The fraction of sp³-hybridized carbons (Fsp3) is 0.278. The fourth-order valence-electron chi connectivity index (χ4n) is 2.87. The van der Waals surface area contributed by atoms with E-state index in [-0.39, 0.29) is 30.7 Å². The number of hydrogen-bond acceptors (Lipinski definition) is 3. The van der Waals surface area contributed by atoms with Crippen LogP contribution >= 0.6 is 24.8 Å². The van der Waals surface area contributed by atoms with Gasteiger partial charge in [-0.05, 0) is 36.8 Å². The van der Waals surface area contributed by atoms with Crippen molar-refractivity contribution in [3.63, 3.8) is 0 Å². The molecular weight excluding hydrogens is 345 g/mol. The predicted molar refractivity (Wildman–Crippen MR) is 105 cm³/mol. The van der Waals surface area contributed by atoms with Gasteiger partial charge in [0, 0.05) is 43.1 Å². The molecular formula is C18H23Cl2N3O. The van der Waals surface area contributed by atoms with Crippen LogP contribution in [0.4, 0.5) is 11.4 Å². The highest BCUT2D eigenvalue weighted by atomic mass is 35.5. The summed E-state index contributed by atoms with van der Waals surface area (Å²) in [5, 5.41) is 0. The largest absolute Gasteiger partial charge is 0.399 e. The molecule has 0 bridgehead atoms. The highest BCUT2D eigenvalue weighted by Crippen LogP contribution is 2.17. The lowest BCUT2D eigenvalue weighted by Crippen LogP contribution is -2.35. The van der Waals surface area contributed by atoms with Crippen LogP contribution in [-0.2, 0) is 0 Å². The van der Waals surface area contributed by atoms with Crippen LogP contribution in [0.5, 0.6) is 0 Å². The van der Waals surface area contributed by atoms with Crippen LogP contribution in [-0.4, -0.2) is 37.0 Å². The summed E-state index contributed by atoms with van der Waals surface area (Å²) in [6.07, 6.45) is 0.975. The molecule has 2 N–H and O–H groups in total. The van der Waals surface area contributed by atoms with E-state index in [9.17, 15) is 4.79 Å². The smallest absolute Gasteiger partial charge is 0.253 e. The van der Waals surface area contributed by atoms with Crippen molar-refractivity contribution in [3.05, 3.63) is 60.2 Å². The molecule has 6 heteroatoms. The van der Waals surface area contributed by atoms with Crippen LogP contribution in [0.1, 0.15) is 16.8 Å². The number of carbonyl (C=O) groups is 1. The van der Waals surface area contributed by atoms with E-state index in [4.69, 9.17) is 5.73 Å². The summed E-state index contributed by atoms with van der Waals surface area (Å²) in [4.78, 5) is 16.9. The van der Waals surface area contributed by atoms with Gasteiger partial charge in [-0.2, -0.15) is 0 Å². The first-order chi connectivity index (χ1) is 10.7. The Bertz CT molecular complexity index is 652. The molecule has 0 unspecified atom stereocenters. The van der Waals surface area contributed by atoms with E-state index in [1.807, 2.05) is 23.1 Å². The second kappa shape index (κ2) is 9.40. The van der Waals surface area contributed by atoms with Gasteiger partial charge in [-0.1, -0.05) is 24.3 Å². The van der Waals surface area contributed by atoms with Gasteiger partial charge in [0.25, 0.3) is 5.91 Å². The first kappa shape index (κ1) is 20.1. The molecule has 130 valence electrons. The molecule has 0 atom stereocenters. The van der Waals surface area contributed by atoms with Gasteiger partial charge in [0.1, 0.15) is 0 Å². The number of nitrogens with zero attached hydrogens (tertiary/aromatic N) is 2. The number of nitrogen functional groups attached to an aromatic ring is 1. The standard InChI is InChI=1S/C18H21N3O.2ClH/c19-16-7-4-6-15(14-16)18(22)21-11-5-10-20(12-13-21)17-8-2-1-3-9-17;;/h1-4,6-9,14H,5,10-13,19H2;2*1H. The molecule has 0 radical (unpaired) electrons. The molecule has 2 aromatic carbocycles. The number of rotatable bonds is 2. The normalized spacial score (nSPS) is 14.2. The summed E-state index contributed by atoms with van der Waals surface area (Å²) in [5.74, 6) is 0.0715. The maximum Gasteiger partial charge on any atom is 0.253 e. The molecule has 1 fully saturated rings. The summed E-state index contributed by atoms with van der Waals surface area (Å²) < 4.78 is 0. The van der Waals surface area contributed by atoms with Crippen LogP contribution < -0.4 is 10.6 Å². The average molecular weight is 368 g/mol. The molecule has 2 aromatic rings. The lowest BCUT2D eigenvalue weighted by molar-refractivity contribution is 0.0767. The molecule has 3 rings (SSSR count). The Labute approximate surface area is 155 Å². The van der Waals surface area contributed by atoms with Crippen molar-refractivity contribution in [2.24, 2.45) is 0 Å². The van der Waals surface area contributed by atoms with Crippen LogP contribution in [0.2, 0.25) is 0 Å². The number of hydrogen-bond donors (Lipinski definition) is 1. The summed E-state index contributed by atoms with van der Waals surface area (Å²) in [6, 6.07) is 17.6. The average Bonchev–Trinajstić information content (AvgIpc) is 2.81. The van der Waals surface area contributed by atoms with Crippen molar-refractivity contribution in [2.45, 2.75) is 6.42 Å². The number of anilines is 2. The van der Waals surface area contributed by atoms with Crippen molar-refractivity contribution in [1.29, 1.82) is 0 Å². The highest BCUT2D eigenvalue weighted by molar-refractivity contribution is 5.95. The van der Waals surface area contributed by atoms with Crippen LogP contribution in [0.25, 0.3) is 0 Å². The lowest BCUT2D eigenvalue weighted by Gasteiger charge is -2.23. The molecule has 1 saturated heterocycles. The zero-order valence-corrected chi connectivity index (χ0v) is 15.1. The summed E-state index contributed by atoms with van der Waals surface area (Å²) >= 11 is 0. The molecule has 0 aromatic heterocycles. The van der Waals surface area contributed by atoms with Crippen molar-refractivity contribution in [2.75, 3.05) is 36.8 Å². The molecule has 1 amide bonds. The lowest BCUT2D eigenvalue weighted by atomic mass is 10.1. The molecule has 0 spiro atoms. The zero-order valence-electron chi connectivity index (χ0n) is 13.4. The minimum atomic E-state index is 0. The second-order valence-electron chi connectivity index (χ2n) is 5.59. The highest BCUT2D eigenvalue weighted by Gasteiger charge is 2.20. The Kier molecular flexibility index (Phi) is 7.89. The van der Waals surface area contributed by atoms with E-state index >= 15 is 0 Å². The van der Waals surface area contributed by atoms with Crippen LogP contribution in [0.15, 0.2) is 54.6 Å². The SMILES string of the molecule is Cl.Cl.Nc1cccc(C(=O)N2CCCN(c3ccccc3)CC2)c1. The van der Waals surface area contributed by atoms with E-state index in [2.05, 4.69) is 29.2 Å². The monoisotopic (exact) mass is 367 g/mol. The number of carbonyl (C=O) groups excluding carboxylic acids is 1. The maximum atomic E-state index is 12.6. The minimum absolute atomic E-state index is 0. The van der Waals surface area contributed by atoms with E-state index in [1.54, 1.807) is 12.1 Å². The topological polar surface area (TPSA) is 49.6 Å². The zero-order chi connectivity index (χ0) is 15.4. The molecule has 24 heavy (non-hydrogen) atoms. The third-order valence-corrected chi connectivity index (χ3v) is 4.04. The van der Waals surface area contributed by atoms with Gasteiger partial charge < -0.3 is 15.5 Å². The Hall–Kier alpha value is -1.91. The van der Waals surface area contributed by atoms with Crippen molar-refractivity contribution in [3.8, 4) is 0 Å².